The molecule has 0 aliphatic heterocycles. The molecule has 0 aliphatic carbocycles. The molecule has 0 saturated carbocycles. The minimum absolute atomic E-state index is 0. The fourth-order valence-corrected chi connectivity index (χ4v) is 4.40. The molecule has 0 bridgehead atoms. The molecule has 2 rings (SSSR count). The van der Waals surface area contributed by atoms with E-state index in [9.17, 15) is 8.42 Å². The van der Waals surface area contributed by atoms with Gasteiger partial charge in [0.1, 0.15) is 4.90 Å². The zero-order valence-corrected chi connectivity index (χ0v) is 18.1. The van der Waals surface area contributed by atoms with Crippen LogP contribution in [0.3, 0.4) is 0 Å². The zero-order valence-electron chi connectivity index (χ0n) is 16.3. The maximum Gasteiger partial charge on any atom is 0.297 e. The summed E-state index contributed by atoms with van der Waals surface area (Å²) in [6.07, 6.45) is 12.2. The van der Waals surface area contributed by atoms with Gasteiger partial charge in [-0.25, -0.2) is 0 Å². The molecule has 153 valence electrons. The van der Waals surface area contributed by atoms with E-state index in [0.717, 1.165) is 30.0 Å². The van der Waals surface area contributed by atoms with Crippen molar-refractivity contribution in [1.82, 2.24) is 0 Å². The average Bonchev–Trinajstić information content (AvgIpc) is 2.65. The second-order valence-electron chi connectivity index (χ2n) is 6.94. The normalized spacial score (nSPS) is 11.4. The van der Waals surface area contributed by atoms with Crippen LogP contribution in [-0.4, -0.2) is 15.0 Å². The van der Waals surface area contributed by atoms with Crippen LogP contribution in [0.15, 0.2) is 47.4 Å². The van der Waals surface area contributed by atoms with E-state index < -0.39 is 10.1 Å². The first-order chi connectivity index (χ1) is 12.6. The van der Waals surface area contributed by atoms with Gasteiger partial charge in [0.05, 0.1) is 6.61 Å². The summed E-state index contributed by atoms with van der Waals surface area (Å²) >= 11 is 0. The standard InChI is InChI=1S/C22H32O3S.Co/c1-2-3-4-5-6-7-8-9-10-13-19-25-26(23,24)22-18-14-16-20-15-11-12-17-21(20)22;/h11-12,14-18H,2-10,13,19H2,1H3;. The maximum atomic E-state index is 12.5. The Balaban J connectivity index is 0.00000364. The predicted octanol–water partition coefficient (Wildman–Crippen LogP) is 6.46. The predicted molar refractivity (Wildman–Crippen MR) is 109 cm³/mol. The number of fused-ring (bicyclic) bond motifs is 1. The summed E-state index contributed by atoms with van der Waals surface area (Å²) in [7, 11) is -3.70. The van der Waals surface area contributed by atoms with Gasteiger partial charge in [0, 0.05) is 22.2 Å². The smallest absolute Gasteiger partial charge is 0.266 e. The van der Waals surface area contributed by atoms with Gasteiger partial charge in [-0.15, -0.1) is 0 Å². The van der Waals surface area contributed by atoms with Crippen LogP contribution in [0.4, 0.5) is 0 Å². The molecule has 3 nitrogen and oxygen atoms in total. The van der Waals surface area contributed by atoms with E-state index in [2.05, 4.69) is 6.92 Å². The average molecular weight is 435 g/mol. The molecule has 5 heteroatoms. The molecule has 0 aromatic heterocycles. The van der Waals surface area contributed by atoms with E-state index in [-0.39, 0.29) is 28.3 Å². The Morgan fingerprint density at radius 1 is 0.741 bits per heavy atom. The van der Waals surface area contributed by atoms with Gasteiger partial charge in [0.2, 0.25) is 0 Å². The summed E-state index contributed by atoms with van der Waals surface area (Å²) in [5, 5.41) is 1.63. The van der Waals surface area contributed by atoms with Crippen LogP contribution in [0.1, 0.15) is 71.1 Å². The Hall–Kier alpha value is -0.884. The van der Waals surface area contributed by atoms with Gasteiger partial charge < -0.3 is 0 Å². The minimum atomic E-state index is -3.70. The maximum absolute atomic E-state index is 12.5. The van der Waals surface area contributed by atoms with E-state index in [1.165, 1.54) is 44.9 Å². The van der Waals surface area contributed by atoms with Crippen molar-refractivity contribution in [3.8, 4) is 0 Å². The van der Waals surface area contributed by atoms with Gasteiger partial charge in [-0.1, -0.05) is 101 Å². The monoisotopic (exact) mass is 435 g/mol. The van der Waals surface area contributed by atoms with Crippen molar-refractivity contribution in [2.24, 2.45) is 0 Å². The zero-order chi connectivity index (χ0) is 18.7. The summed E-state index contributed by atoms with van der Waals surface area (Å²) < 4.78 is 30.2. The van der Waals surface area contributed by atoms with E-state index in [1.54, 1.807) is 12.1 Å². The summed E-state index contributed by atoms with van der Waals surface area (Å²) in [6.45, 7) is 2.50. The van der Waals surface area contributed by atoms with Crippen molar-refractivity contribution < 1.29 is 29.4 Å². The first-order valence-corrected chi connectivity index (χ1v) is 11.4. The Morgan fingerprint density at radius 3 is 1.96 bits per heavy atom. The fraction of sp³-hybridized carbons (Fsp3) is 0.545. The molecule has 0 atom stereocenters. The quantitative estimate of drug-likeness (QED) is 0.268. The van der Waals surface area contributed by atoms with Gasteiger partial charge in [0.25, 0.3) is 10.1 Å². The molecule has 0 unspecified atom stereocenters. The van der Waals surface area contributed by atoms with Crippen LogP contribution in [-0.2, 0) is 31.1 Å². The number of benzene rings is 2. The molecule has 0 amide bonds. The summed E-state index contributed by atoms with van der Waals surface area (Å²) in [4.78, 5) is 0.266. The first kappa shape index (κ1) is 24.2. The molecule has 2 aromatic carbocycles. The van der Waals surface area contributed by atoms with E-state index >= 15 is 0 Å². The van der Waals surface area contributed by atoms with Crippen molar-refractivity contribution in [1.29, 1.82) is 0 Å². The summed E-state index contributed by atoms with van der Waals surface area (Å²) in [5.41, 5.74) is 0. The second kappa shape index (κ2) is 13.3. The topological polar surface area (TPSA) is 43.4 Å². The molecule has 0 aliphatic rings. The molecule has 1 radical (unpaired) electrons. The van der Waals surface area contributed by atoms with Gasteiger partial charge in [0.15, 0.2) is 0 Å². The van der Waals surface area contributed by atoms with Crippen LogP contribution in [0.5, 0.6) is 0 Å². The number of hydrogen-bond acceptors (Lipinski definition) is 3. The molecular weight excluding hydrogens is 403 g/mol. The molecular formula is C22H32CoO3S. The van der Waals surface area contributed by atoms with Crippen LogP contribution in [0, 0.1) is 0 Å². The fourth-order valence-electron chi connectivity index (χ4n) is 3.24. The molecule has 27 heavy (non-hydrogen) atoms. The van der Waals surface area contributed by atoms with Crippen LogP contribution in [0.25, 0.3) is 10.8 Å². The third kappa shape index (κ3) is 8.34. The van der Waals surface area contributed by atoms with E-state index in [1.807, 2.05) is 30.3 Å². The minimum Gasteiger partial charge on any atom is -0.266 e. The summed E-state index contributed by atoms with van der Waals surface area (Å²) in [6, 6.07) is 12.8. The van der Waals surface area contributed by atoms with Crippen molar-refractivity contribution in [2.45, 2.75) is 76.0 Å². The van der Waals surface area contributed by atoms with Gasteiger partial charge >= 0.3 is 0 Å². The Labute approximate surface area is 175 Å². The van der Waals surface area contributed by atoms with Crippen LogP contribution in [0.2, 0.25) is 0 Å². The van der Waals surface area contributed by atoms with Crippen LogP contribution < -0.4 is 0 Å². The number of hydrogen-bond donors (Lipinski definition) is 0. The SMILES string of the molecule is CCCCCCCCCCCCOS(=O)(=O)c1cccc2ccccc12.[Co]. The van der Waals surface area contributed by atoms with Gasteiger partial charge in [-0.2, -0.15) is 8.42 Å². The largest absolute Gasteiger partial charge is 0.297 e. The van der Waals surface area contributed by atoms with Crippen molar-refractivity contribution in [3.63, 3.8) is 0 Å². The molecule has 0 N–H and O–H groups in total. The van der Waals surface area contributed by atoms with Gasteiger partial charge in [-0.3, -0.25) is 4.18 Å². The number of unbranched alkanes of at least 4 members (excludes halogenated alkanes) is 9. The van der Waals surface area contributed by atoms with Crippen molar-refractivity contribution in [3.05, 3.63) is 42.5 Å². The Kier molecular flexibility index (Phi) is 11.9. The molecule has 2 aromatic rings. The third-order valence-electron chi connectivity index (χ3n) is 4.76. The Morgan fingerprint density at radius 2 is 1.30 bits per heavy atom. The van der Waals surface area contributed by atoms with Crippen molar-refractivity contribution in [2.75, 3.05) is 6.61 Å². The molecule has 0 heterocycles. The van der Waals surface area contributed by atoms with E-state index in [4.69, 9.17) is 4.18 Å². The van der Waals surface area contributed by atoms with Gasteiger partial charge in [-0.05, 0) is 17.9 Å². The molecule has 0 spiro atoms. The first-order valence-electron chi connectivity index (χ1n) is 10.0. The van der Waals surface area contributed by atoms with E-state index in [0.29, 0.717) is 0 Å². The second-order valence-corrected chi connectivity index (χ2v) is 8.52. The molecule has 0 saturated heterocycles. The van der Waals surface area contributed by atoms with Crippen molar-refractivity contribution >= 4 is 20.9 Å². The summed E-state index contributed by atoms with van der Waals surface area (Å²) in [5.74, 6) is 0. The molecule has 0 fully saturated rings. The van der Waals surface area contributed by atoms with Crippen LogP contribution >= 0.6 is 0 Å². The Bertz CT molecular complexity index is 754. The third-order valence-corrected chi connectivity index (χ3v) is 6.13. The number of rotatable bonds is 13.